The molecule has 24 heavy (non-hydrogen) atoms. The molecule has 3 heteroatoms. The van der Waals surface area contributed by atoms with Crippen LogP contribution in [0.3, 0.4) is 0 Å². The number of nitrogens with one attached hydrogen (secondary N) is 1. The van der Waals surface area contributed by atoms with Crippen molar-refractivity contribution in [1.82, 2.24) is 10.3 Å². The maximum absolute atomic E-state index is 12.6. The molecule has 3 rings (SSSR count). The first-order chi connectivity index (χ1) is 11.6. The van der Waals surface area contributed by atoms with Crippen LogP contribution in [0.4, 0.5) is 0 Å². The van der Waals surface area contributed by atoms with E-state index in [0.29, 0.717) is 5.56 Å². The number of benzene rings is 2. The van der Waals surface area contributed by atoms with Crippen LogP contribution in [0, 0.1) is 0 Å². The Hall–Kier alpha value is -2.94. The van der Waals surface area contributed by atoms with Crippen molar-refractivity contribution in [3.05, 3.63) is 90.3 Å². The Balaban J connectivity index is 1.76. The van der Waals surface area contributed by atoms with E-state index in [4.69, 9.17) is 0 Å². The lowest BCUT2D eigenvalue weighted by molar-refractivity contribution is 0.0912. The SMILES string of the molecule is CC(C)(NC(=O)c1ccc(-c2cccnc2)cc1)c1ccccc1. The fraction of sp³-hybridized carbons (Fsp3) is 0.143. The predicted molar refractivity (Wildman–Crippen MR) is 96.6 cm³/mol. The van der Waals surface area contributed by atoms with E-state index in [1.807, 2.05) is 86.8 Å². The van der Waals surface area contributed by atoms with E-state index in [0.717, 1.165) is 16.7 Å². The number of rotatable bonds is 4. The quantitative estimate of drug-likeness (QED) is 0.774. The fourth-order valence-electron chi connectivity index (χ4n) is 2.63. The normalized spacial score (nSPS) is 11.1. The molecular weight excluding hydrogens is 296 g/mol. The Labute approximate surface area is 142 Å². The van der Waals surface area contributed by atoms with Gasteiger partial charge in [0, 0.05) is 18.0 Å². The highest BCUT2D eigenvalue weighted by Gasteiger charge is 2.23. The van der Waals surface area contributed by atoms with Crippen LogP contribution in [-0.2, 0) is 5.54 Å². The minimum atomic E-state index is -0.430. The standard InChI is InChI=1S/C21H20N2O/c1-21(2,19-8-4-3-5-9-19)23-20(24)17-12-10-16(11-13-17)18-7-6-14-22-15-18/h3-15H,1-2H3,(H,23,24). The third kappa shape index (κ3) is 3.51. The zero-order valence-corrected chi connectivity index (χ0v) is 13.9. The molecule has 1 heterocycles. The summed E-state index contributed by atoms with van der Waals surface area (Å²) in [5, 5.41) is 3.10. The van der Waals surface area contributed by atoms with Crippen LogP contribution in [0.15, 0.2) is 79.1 Å². The van der Waals surface area contributed by atoms with Gasteiger partial charge in [0.15, 0.2) is 0 Å². The Bertz CT molecular complexity index is 809. The molecule has 3 nitrogen and oxygen atoms in total. The molecule has 0 saturated heterocycles. The van der Waals surface area contributed by atoms with Gasteiger partial charge in [0.2, 0.25) is 0 Å². The van der Waals surface area contributed by atoms with Crippen LogP contribution in [-0.4, -0.2) is 10.9 Å². The summed E-state index contributed by atoms with van der Waals surface area (Å²) in [7, 11) is 0. The monoisotopic (exact) mass is 316 g/mol. The molecular formula is C21H20N2O. The first kappa shape index (κ1) is 15.9. The number of amides is 1. The number of hydrogen-bond acceptors (Lipinski definition) is 2. The van der Waals surface area contributed by atoms with Gasteiger partial charge in [-0.15, -0.1) is 0 Å². The lowest BCUT2D eigenvalue weighted by atomic mass is 9.94. The first-order valence-corrected chi connectivity index (χ1v) is 7.95. The Morgan fingerprint density at radius 1 is 0.875 bits per heavy atom. The highest BCUT2D eigenvalue weighted by Crippen LogP contribution is 2.22. The third-order valence-electron chi connectivity index (χ3n) is 4.06. The molecule has 1 aromatic heterocycles. The lowest BCUT2D eigenvalue weighted by Crippen LogP contribution is -2.40. The second-order valence-corrected chi connectivity index (χ2v) is 6.26. The molecule has 0 spiro atoms. The van der Waals surface area contributed by atoms with Crippen molar-refractivity contribution in [3.63, 3.8) is 0 Å². The van der Waals surface area contributed by atoms with Gasteiger partial charge in [-0.25, -0.2) is 0 Å². The van der Waals surface area contributed by atoms with Crippen molar-refractivity contribution in [2.75, 3.05) is 0 Å². The number of carbonyl (C=O) groups is 1. The minimum absolute atomic E-state index is 0.0819. The van der Waals surface area contributed by atoms with Gasteiger partial charge < -0.3 is 5.32 Å². The predicted octanol–water partition coefficient (Wildman–Crippen LogP) is 4.41. The van der Waals surface area contributed by atoms with Crippen molar-refractivity contribution in [1.29, 1.82) is 0 Å². The van der Waals surface area contributed by atoms with E-state index in [1.165, 1.54) is 0 Å². The summed E-state index contributed by atoms with van der Waals surface area (Å²) < 4.78 is 0. The van der Waals surface area contributed by atoms with E-state index in [-0.39, 0.29) is 5.91 Å². The largest absolute Gasteiger partial charge is 0.343 e. The Morgan fingerprint density at radius 3 is 2.21 bits per heavy atom. The van der Waals surface area contributed by atoms with Gasteiger partial charge >= 0.3 is 0 Å². The lowest BCUT2D eigenvalue weighted by Gasteiger charge is -2.27. The number of aromatic nitrogens is 1. The molecule has 1 amide bonds. The van der Waals surface area contributed by atoms with Crippen molar-refractivity contribution >= 4 is 5.91 Å². The highest BCUT2D eigenvalue weighted by atomic mass is 16.1. The zero-order valence-electron chi connectivity index (χ0n) is 13.9. The van der Waals surface area contributed by atoms with E-state index >= 15 is 0 Å². The van der Waals surface area contributed by atoms with Crippen LogP contribution >= 0.6 is 0 Å². The van der Waals surface area contributed by atoms with Gasteiger partial charge in [0.05, 0.1) is 5.54 Å². The topological polar surface area (TPSA) is 42.0 Å². The number of nitrogens with zero attached hydrogens (tertiary/aromatic N) is 1. The molecule has 0 saturated carbocycles. The summed E-state index contributed by atoms with van der Waals surface area (Å²) in [5.41, 5.74) is 3.37. The summed E-state index contributed by atoms with van der Waals surface area (Å²) in [6.07, 6.45) is 3.56. The summed E-state index contributed by atoms with van der Waals surface area (Å²) >= 11 is 0. The highest BCUT2D eigenvalue weighted by molar-refractivity contribution is 5.95. The second kappa shape index (κ2) is 6.67. The molecule has 0 radical (unpaired) electrons. The van der Waals surface area contributed by atoms with Crippen LogP contribution < -0.4 is 5.32 Å². The van der Waals surface area contributed by atoms with Crippen molar-refractivity contribution < 1.29 is 4.79 Å². The average Bonchev–Trinajstić information content (AvgIpc) is 2.63. The molecule has 0 unspecified atom stereocenters. The summed E-state index contributed by atoms with van der Waals surface area (Å²) in [5.74, 6) is -0.0819. The molecule has 3 aromatic rings. The molecule has 0 aliphatic heterocycles. The van der Waals surface area contributed by atoms with Gasteiger partial charge in [-0.1, -0.05) is 48.5 Å². The molecule has 0 aliphatic rings. The smallest absolute Gasteiger partial charge is 0.251 e. The van der Waals surface area contributed by atoms with Crippen molar-refractivity contribution in [2.45, 2.75) is 19.4 Å². The Morgan fingerprint density at radius 2 is 1.58 bits per heavy atom. The van der Waals surface area contributed by atoms with Crippen LogP contribution in [0.5, 0.6) is 0 Å². The maximum atomic E-state index is 12.6. The molecule has 0 bridgehead atoms. The van der Waals surface area contributed by atoms with E-state index < -0.39 is 5.54 Å². The van der Waals surface area contributed by atoms with Gasteiger partial charge in [-0.2, -0.15) is 0 Å². The molecule has 2 aromatic carbocycles. The van der Waals surface area contributed by atoms with Gasteiger partial charge in [0.1, 0.15) is 0 Å². The van der Waals surface area contributed by atoms with E-state index in [2.05, 4.69) is 10.3 Å². The number of hydrogen-bond donors (Lipinski definition) is 1. The second-order valence-electron chi connectivity index (χ2n) is 6.26. The van der Waals surface area contributed by atoms with Crippen LogP contribution in [0.25, 0.3) is 11.1 Å². The fourth-order valence-corrected chi connectivity index (χ4v) is 2.63. The minimum Gasteiger partial charge on any atom is -0.343 e. The molecule has 0 atom stereocenters. The summed E-state index contributed by atoms with van der Waals surface area (Å²) in [6.45, 7) is 4.01. The molecule has 1 N–H and O–H groups in total. The molecule has 120 valence electrons. The van der Waals surface area contributed by atoms with E-state index in [1.54, 1.807) is 6.20 Å². The van der Waals surface area contributed by atoms with Crippen molar-refractivity contribution in [2.24, 2.45) is 0 Å². The molecule has 0 aliphatic carbocycles. The number of carbonyl (C=O) groups excluding carboxylic acids is 1. The van der Waals surface area contributed by atoms with Crippen molar-refractivity contribution in [3.8, 4) is 11.1 Å². The Kier molecular flexibility index (Phi) is 4.43. The van der Waals surface area contributed by atoms with E-state index in [9.17, 15) is 4.79 Å². The van der Waals surface area contributed by atoms with Gasteiger partial charge in [-0.05, 0) is 48.7 Å². The van der Waals surface area contributed by atoms with Gasteiger partial charge in [0.25, 0.3) is 5.91 Å². The number of pyridine rings is 1. The van der Waals surface area contributed by atoms with Gasteiger partial charge in [-0.3, -0.25) is 9.78 Å². The summed E-state index contributed by atoms with van der Waals surface area (Å²) in [4.78, 5) is 16.7. The van der Waals surface area contributed by atoms with Crippen LogP contribution in [0.2, 0.25) is 0 Å². The first-order valence-electron chi connectivity index (χ1n) is 7.95. The third-order valence-corrected chi connectivity index (χ3v) is 4.06. The average molecular weight is 316 g/mol. The summed E-state index contributed by atoms with van der Waals surface area (Å²) in [6, 6.07) is 21.5. The zero-order chi connectivity index (χ0) is 17.0. The molecule has 0 fully saturated rings. The maximum Gasteiger partial charge on any atom is 0.251 e. The van der Waals surface area contributed by atoms with Crippen LogP contribution in [0.1, 0.15) is 29.8 Å².